The third kappa shape index (κ3) is 1.57. The summed E-state index contributed by atoms with van der Waals surface area (Å²) in [7, 11) is 1.30. The summed E-state index contributed by atoms with van der Waals surface area (Å²) in [6.45, 7) is 3.93. The number of hydrogen-bond acceptors (Lipinski definition) is 3. The number of amides is 1. The van der Waals surface area contributed by atoms with Crippen LogP contribution in [0.15, 0.2) is 12.7 Å². The molecule has 1 rings (SSSR count). The van der Waals surface area contributed by atoms with Gasteiger partial charge in [0.15, 0.2) is 0 Å². The normalized spacial score (nSPS) is 18.2. The van der Waals surface area contributed by atoms with Gasteiger partial charge in [-0.05, 0) is 6.42 Å². The molecule has 0 unspecified atom stereocenters. The van der Waals surface area contributed by atoms with E-state index >= 15 is 0 Å². The van der Waals surface area contributed by atoms with Gasteiger partial charge in [0, 0.05) is 13.1 Å². The minimum Gasteiger partial charge on any atom is -0.468 e. The third-order valence-electron chi connectivity index (χ3n) is 2.41. The Balaban J connectivity index is 2.66. The first-order chi connectivity index (χ1) is 6.55. The fourth-order valence-corrected chi connectivity index (χ4v) is 1.65. The van der Waals surface area contributed by atoms with Gasteiger partial charge in [-0.25, -0.2) is 4.79 Å². The van der Waals surface area contributed by atoms with E-state index in [0.717, 1.165) is 0 Å². The van der Waals surface area contributed by atoms with E-state index in [1.165, 1.54) is 12.0 Å². The Morgan fingerprint density at radius 2 is 2.21 bits per heavy atom. The highest BCUT2D eigenvalue weighted by atomic mass is 16.5. The molecule has 0 aromatic rings. The van der Waals surface area contributed by atoms with Crippen molar-refractivity contribution in [1.29, 1.82) is 0 Å². The molecule has 5 heteroatoms. The molecular weight excluding hydrogens is 186 g/mol. The fourth-order valence-electron chi connectivity index (χ4n) is 1.65. The zero-order valence-corrected chi connectivity index (χ0v) is 8.02. The lowest BCUT2D eigenvalue weighted by Crippen LogP contribution is -2.61. The van der Waals surface area contributed by atoms with Gasteiger partial charge in [-0.3, -0.25) is 4.79 Å². The zero-order valence-electron chi connectivity index (χ0n) is 8.02. The molecule has 0 spiro atoms. The number of methoxy groups -OCH3 is 1. The summed E-state index contributed by atoms with van der Waals surface area (Å²) in [6, 6.07) is 0. The summed E-state index contributed by atoms with van der Waals surface area (Å²) in [5, 5.41) is 8.64. The highest BCUT2D eigenvalue weighted by molar-refractivity contribution is 5.81. The number of nitrogens with zero attached hydrogens (tertiary/aromatic N) is 1. The van der Waals surface area contributed by atoms with Crippen molar-refractivity contribution >= 4 is 12.1 Å². The van der Waals surface area contributed by atoms with Gasteiger partial charge in [-0.2, -0.15) is 0 Å². The van der Waals surface area contributed by atoms with Crippen molar-refractivity contribution in [3.63, 3.8) is 0 Å². The number of carbonyl (C=O) groups is 2. The smallest absolute Gasteiger partial charge is 0.407 e. The first-order valence-electron chi connectivity index (χ1n) is 4.23. The van der Waals surface area contributed by atoms with Crippen molar-refractivity contribution in [2.24, 2.45) is 5.41 Å². The van der Waals surface area contributed by atoms with Crippen LogP contribution in [-0.4, -0.2) is 42.3 Å². The van der Waals surface area contributed by atoms with Crippen LogP contribution in [-0.2, 0) is 9.53 Å². The number of esters is 1. The first-order valence-corrected chi connectivity index (χ1v) is 4.23. The number of rotatable bonds is 3. The average Bonchev–Trinajstić information content (AvgIpc) is 2.08. The Bertz CT molecular complexity index is 268. The van der Waals surface area contributed by atoms with Crippen LogP contribution in [0.2, 0.25) is 0 Å². The number of carbonyl (C=O) groups excluding carboxylic acids is 1. The lowest BCUT2D eigenvalue weighted by molar-refractivity contribution is -0.161. The standard InChI is InChI=1S/C9H13NO4/c1-3-4-9(7(11)14-2)5-10(6-9)8(12)13/h3H,1,4-6H2,2H3,(H,12,13). The molecule has 1 amide bonds. The Morgan fingerprint density at radius 1 is 1.64 bits per heavy atom. The number of likely N-dealkylation sites (tertiary alicyclic amines) is 1. The van der Waals surface area contributed by atoms with E-state index in [4.69, 9.17) is 5.11 Å². The number of carboxylic acid groups (broad SMARTS) is 1. The lowest BCUT2D eigenvalue weighted by atomic mass is 9.77. The predicted molar refractivity (Wildman–Crippen MR) is 48.9 cm³/mol. The summed E-state index contributed by atoms with van der Waals surface area (Å²) < 4.78 is 4.63. The number of allylic oxidation sites excluding steroid dienone is 1. The molecule has 1 N–H and O–H groups in total. The maximum Gasteiger partial charge on any atom is 0.407 e. The van der Waals surface area contributed by atoms with Gasteiger partial charge < -0.3 is 14.7 Å². The SMILES string of the molecule is C=CCC1(C(=O)OC)CN(C(=O)O)C1. The summed E-state index contributed by atoms with van der Waals surface area (Å²) in [5.41, 5.74) is -0.700. The molecule has 0 aliphatic carbocycles. The van der Waals surface area contributed by atoms with Crippen molar-refractivity contribution in [2.75, 3.05) is 20.2 Å². The molecule has 1 aliphatic heterocycles. The lowest BCUT2D eigenvalue weighted by Gasteiger charge is -2.45. The molecule has 1 heterocycles. The molecule has 0 radical (unpaired) electrons. The van der Waals surface area contributed by atoms with Crippen LogP contribution in [0.5, 0.6) is 0 Å². The Hall–Kier alpha value is -1.52. The molecular formula is C9H13NO4. The highest BCUT2D eigenvalue weighted by Crippen LogP contribution is 2.35. The van der Waals surface area contributed by atoms with Crippen molar-refractivity contribution in [2.45, 2.75) is 6.42 Å². The third-order valence-corrected chi connectivity index (χ3v) is 2.41. The fraction of sp³-hybridized carbons (Fsp3) is 0.556. The molecule has 0 atom stereocenters. The van der Waals surface area contributed by atoms with Crippen LogP contribution in [0.3, 0.4) is 0 Å². The Morgan fingerprint density at radius 3 is 2.57 bits per heavy atom. The molecule has 1 saturated heterocycles. The molecule has 5 nitrogen and oxygen atoms in total. The van der Waals surface area contributed by atoms with E-state index in [2.05, 4.69) is 11.3 Å². The van der Waals surface area contributed by atoms with E-state index in [1.807, 2.05) is 0 Å². The Labute approximate surface area is 82.0 Å². The molecule has 1 aliphatic rings. The average molecular weight is 199 g/mol. The molecule has 1 fully saturated rings. The topological polar surface area (TPSA) is 66.8 Å². The number of hydrogen-bond donors (Lipinski definition) is 1. The van der Waals surface area contributed by atoms with E-state index in [0.29, 0.717) is 6.42 Å². The largest absolute Gasteiger partial charge is 0.468 e. The molecule has 0 aromatic heterocycles. The zero-order chi connectivity index (χ0) is 10.8. The van der Waals surface area contributed by atoms with Gasteiger partial charge in [-0.1, -0.05) is 6.08 Å². The summed E-state index contributed by atoms with van der Waals surface area (Å²) in [5.74, 6) is -0.366. The first kappa shape index (κ1) is 10.6. The van der Waals surface area contributed by atoms with Crippen LogP contribution in [0.25, 0.3) is 0 Å². The van der Waals surface area contributed by atoms with E-state index < -0.39 is 11.5 Å². The van der Waals surface area contributed by atoms with Crippen LogP contribution in [0.1, 0.15) is 6.42 Å². The van der Waals surface area contributed by atoms with Crippen LogP contribution < -0.4 is 0 Å². The molecule has 0 bridgehead atoms. The van der Waals surface area contributed by atoms with Gasteiger partial charge in [0.05, 0.1) is 7.11 Å². The van der Waals surface area contributed by atoms with Gasteiger partial charge in [0.2, 0.25) is 0 Å². The van der Waals surface area contributed by atoms with Crippen LogP contribution in [0, 0.1) is 5.41 Å². The van der Waals surface area contributed by atoms with Crippen molar-refractivity contribution in [3.8, 4) is 0 Å². The minimum absolute atomic E-state index is 0.195. The predicted octanol–water partition coefficient (Wildman–Crippen LogP) is 0.716. The second kappa shape index (κ2) is 3.69. The minimum atomic E-state index is -1.01. The van der Waals surface area contributed by atoms with Gasteiger partial charge in [-0.15, -0.1) is 6.58 Å². The molecule has 78 valence electrons. The molecule has 14 heavy (non-hydrogen) atoms. The Kier molecular flexibility index (Phi) is 2.78. The second-order valence-electron chi connectivity index (χ2n) is 3.40. The van der Waals surface area contributed by atoms with E-state index in [-0.39, 0.29) is 19.1 Å². The highest BCUT2D eigenvalue weighted by Gasteiger charge is 2.51. The van der Waals surface area contributed by atoms with Crippen LogP contribution >= 0.6 is 0 Å². The van der Waals surface area contributed by atoms with Gasteiger partial charge in [0.1, 0.15) is 5.41 Å². The van der Waals surface area contributed by atoms with Crippen molar-refractivity contribution < 1.29 is 19.4 Å². The molecule has 0 saturated carbocycles. The van der Waals surface area contributed by atoms with Crippen molar-refractivity contribution in [1.82, 2.24) is 4.90 Å². The molecule has 0 aromatic carbocycles. The van der Waals surface area contributed by atoms with Gasteiger partial charge >= 0.3 is 12.1 Å². The van der Waals surface area contributed by atoms with E-state index in [1.54, 1.807) is 6.08 Å². The quantitative estimate of drug-likeness (QED) is 0.537. The van der Waals surface area contributed by atoms with Crippen LogP contribution in [0.4, 0.5) is 4.79 Å². The summed E-state index contributed by atoms with van der Waals surface area (Å²) in [6.07, 6.45) is 1.05. The van der Waals surface area contributed by atoms with E-state index in [9.17, 15) is 9.59 Å². The monoisotopic (exact) mass is 199 g/mol. The second-order valence-corrected chi connectivity index (χ2v) is 3.40. The summed E-state index contributed by atoms with van der Waals surface area (Å²) in [4.78, 5) is 23.1. The number of ether oxygens (including phenoxy) is 1. The van der Waals surface area contributed by atoms with Gasteiger partial charge in [0.25, 0.3) is 0 Å². The maximum atomic E-state index is 11.4. The maximum absolute atomic E-state index is 11.4. The van der Waals surface area contributed by atoms with Crippen molar-refractivity contribution in [3.05, 3.63) is 12.7 Å². The summed E-state index contributed by atoms with van der Waals surface area (Å²) >= 11 is 0.